The summed E-state index contributed by atoms with van der Waals surface area (Å²) in [4.78, 5) is 4.59. The standard InChI is InChI=1S/C16H21NO/c1-12-16-14(9-10-17-12)5-3-2-4-6-15(16)18-11-13-7-8-13/h2-3,5,13H,4,6-11H2,1H3. The Morgan fingerprint density at radius 1 is 1.33 bits per heavy atom. The van der Waals surface area contributed by atoms with Crippen LogP contribution in [0.25, 0.3) is 0 Å². The molecular weight excluding hydrogens is 222 g/mol. The monoisotopic (exact) mass is 243 g/mol. The van der Waals surface area contributed by atoms with Crippen LogP contribution in [0.4, 0.5) is 0 Å². The second-order valence-electron chi connectivity index (χ2n) is 5.43. The predicted molar refractivity (Wildman–Crippen MR) is 74.8 cm³/mol. The van der Waals surface area contributed by atoms with Gasteiger partial charge >= 0.3 is 0 Å². The Hall–Kier alpha value is -1.31. The Balaban J connectivity index is 1.90. The summed E-state index contributed by atoms with van der Waals surface area (Å²) >= 11 is 0. The van der Waals surface area contributed by atoms with E-state index in [4.69, 9.17) is 4.74 Å². The Kier molecular flexibility index (Phi) is 3.35. The second-order valence-corrected chi connectivity index (χ2v) is 5.43. The Labute approximate surface area is 109 Å². The third-order valence-electron chi connectivity index (χ3n) is 3.85. The summed E-state index contributed by atoms with van der Waals surface area (Å²) in [7, 11) is 0. The molecule has 0 N–H and O–H groups in total. The predicted octanol–water partition coefficient (Wildman–Crippen LogP) is 3.81. The first-order valence-electron chi connectivity index (χ1n) is 7.08. The van der Waals surface area contributed by atoms with E-state index in [2.05, 4.69) is 30.1 Å². The van der Waals surface area contributed by atoms with E-state index in [0.717, 1.165) is 44.0 Å². The molecule has 0 unspecified atom stereocenters. The molecule has 2 aliphatic carbocycles. The molecule has 0 aromatic carbocycles. The molecule has 0 radical (unpaired) electrons. The van der Waals surface area contributed by atoms with E-state index in [-0.39, 0.29) is 0 Å². The van der Waals surface area contributed by atoms with Crippen molar-refractivity contribution in [3.8, 4) is 0 Å². The van der Waals surface area contributed by atoms with Crippen LogP contribution in [-0.4, -0.2) is 18.9 Å². The summed E-state index contributed by atoms with van der Waals surface area (Å²) in [5, 5.41) is 0. The lowest BCUT2D eigenvalue weighted by atomic mass is 9.92. The van der Waals surface area contributed by atoms with Crippen molar-refractivity contribution in [2.45, 2.75) is 39.0 Å². The SMILES string of the molecule is CC1=NCCC2=CC=CCCC(OCC3CC3)=C21. The first kappa shape index (κ1) is 11.8. The van der Waals surface area contributed by atoms with Gasteiger partial charge in [0.15, 0.2) is 0 Å². The number of rotatable bonds is 3. The Bertz CT molecular complexity index is 450. The zero-order valence-electron chi connectivity index (χ0n) is 11.1. The minimum Gasteiger partial charge on any atom is -0.497 e. The number of fused-ring (bicyclic) bond motifs is 1. The zero-order chi connectivity index (χ0) is 12.4. The maximum atomic E-state index is 6.11. The molecule has 0 saturated heterocycles. The van der Waals surface area contributed by atoms with Gasteiger partial charge < -0.3 is 4.74 Å². The van der Waals surface area contributed by atoms with Gasteiger partial charge in [-0.05, 0) is 44.1 Å². The molecule has 3 aliphatic rings. The van der Waals surface area contributed by atoms with Gasteiger partial charge in [0, 0.05) is 24.3 Å². The van der Waals surface area contributed by atoms with Crippen molar-refractivity contribution in [3.63, 3.8) is 0 Å². The molecule has 1 fully saturated rings. The molecule has 3 rings (SSSR count). The lowest BCUT2D eigenvalue weighted by Gasteiger charge is -2.22. The van der Waals surface area contributed by atoms with Gasteiger partial charge in [-0.15, -0.1) is 0 Å². The molecule has 2 nitrogen and oxygen atoms in total. The molecule has 0 amide bonds. The fourth-order valence-corrected chi connectivity index (χ4v) is 2.60. The van der Waals surface area contributed by atoms with E-state index in [1.807, 2.05) is 0 Å². The van der Waals surface area contributed by atoms with Crippen molar-refractivity contribution < 1.29 is 4.74 Å². The second kappa shape index (κ2) is 5.13. The summed E-state index contributed by atoms with van der Waals surface area (Å²) in [6.07, 6.45) is 12.5. The molecular formula is C16H21NO. The van der Waals surface area contributed by atoms with Crippen molar-refractivity contribution >= 4 is 5.71 Å². The normalized spacial score (nSPS) is 23.8. The van der Waals surface area contributed by atoms with Gasteiger partial charge in [0.1, 0.15) is 5.76 Å². The van der Waals surface area contributed by atoms with Gasteiger partial charge in [-0.3, -0.25) is 4.99 Å². The minimum atomic E-state index is 0.812. The highest BCUT2D eigenvalue weighted by Gasteiger charge is 2.24. The minimum absolute atomic E-state index is 0.812. The highest BCUT2D eigenvalue weighted by Crippen LogP contribution is 2.33. The van der Waals surface area contributed by atoms with Crippen LogP contribution in [0.2, 0.25) is 0 Å². The lowest BCUT2D eigenvalue weighted by molar-refractivity contribution is 0.188. The average Bonchev–Trinajstić information content (AvgIpc) is 3.14. The molecule has 0 spiro atoms. The summed E-state index contributed by atoms with van der Waals surface area (Å²) in [6, 6.07) is 0. The third-order valence-corrected chi connectivity index (χ3v) is 3.85. The van der Waals surface area contributed by atoms with Gasteiger partial charge in [-0.1, -0.05) is 18.2 Å². The number of hydrogen-bond acceptors (Lipinski definition) is 2. The van der Waals surface area contributed by atoms with Crippen LogP contribution in [0.15, 0.2) is 40.1 Å². The Morgan fingerprint density at radius 2 is 2.22 bits per heavy atom. The lowest BCUT2D eigenvalue weighted by Crippen LogP contribution is -2.15. The van der Waals surface area contributed by atoms with Crippen LogP contribution in [-0.2, 0) is 4.74 Å². The third kappa shape index (κ3) is 2.58. The first-order valence-corrected chi connectivity index (χ1v) is 7.08. The number of allylic oxidation sites excluding steroid dienone is 5. The van der Waals surface area contributed by atoms with E-state index >= 15 is 0 Å². The molecule has 2 heteroatoms. The van der Waals surface area contributed by atoms with Crippen LogP contribution in [0.1, 0.15) is 39.0 Å². The van der Waals surface area contributed by atoms with Crippen molar-refractivity contribution in [3.05, 3.63) is 35.1 Å². The largest absolute Gasteiger partial charge is 0.497 e. The first-order chi connectivity index (χ1) is 8.84. The quantitative estimate of drug-likeness (QED) is 0.738. The fourth-order valence-electron chi connectivity index (χ4n) is 2.60. The Morgan fingerprint density at radius 3 is 3.06 bits per heavy atom. The molecule has 0 atom stereocenters. The van der Waals surface area contributed by atoms with E-state index in [0.29, 0.717) is 0 Å². The van der Waals surface area contributed by atoms with Crippen molar-refractivity contribution in [1.29, 1.82) is 0 Å². The summed E-state index contributed by atoms with van der Waals surface area (Å²) in [5.74, 6) is 1.99. The molecule has 18 heavy (non-hydrogen) atoms. The number of aliphatic imine (C=N–C) groups is 1. The van der Waals surface area contributed by atoms with Crippen LogP contribution in [0.5, 0.6) is 0 Å². The molecule has 1 saturated carbocycles. The maximum absolute atomic E-state index is 6.11. The van der Waals surface area contributed by atoms with E-state index in [1.165, 1.54) is 29.7 Å². The van der Waals surface area contributed by atoms with Gasteiger partial charge in [0.2, 0.25) is 0 Å². The van der Waals surface area contributed by atoms with Gasteiger partial charge in [0.05, 0.1) is 6.61 Å². The zero-order valence-corrected chi connectivity index (χ0v) is 11.1. The smallest absolute Gasteiger partial charge is 0.106 e. The van der Waals surface area contributed by atoms with Crippen molar-refractivity contribution in [1.82, 2.24) is 0 Å². The van der Waals surface area contributed by atoms with Gasteiger partial charge in [-0.25, -0.2) is 0 Å². The fraction of sp³-hybridized carbons (Fsp3) is 0.562. The van der Waals surface area contributed by atoms with Crippen molar-refractivity contribution in [2.24, 2.45) is 10.9 Å². The van der Waals surface area contributed by atoms with Gasteiger partial charge in [-0.2, -0.15) is 0 Å². The van der Waals surface area contributed by atoms with E-state index in [9.17, 15) is 0 Å². The summed E-state index contributed by atoms with van der Waals surface area (Å²) in [6.45, 7) is 3.95. The number of hydrogen-bond donors (Lipinski definition) is 0. The maximum Gasteiger partial charge on any atom is 0.106 e. The number of nitrogens with zero attached hydrogens (tertiary/aromatic N) is 1. The molecule has 0 bridgehead atoms. The molecule has 96 valence electrons. The van der Waals surface area contributed by atoms with Crippen LogP contribution >= 0.6 is 0 Å². The molecule has 1 aliphatic heterocycles. The molecule has 0 aromatic heterocycles. The van der Waals surface area contributed by atoms with Crippen LogP contribution < -0.4 is 0 Å². The topological polar surface area (TPSA) is 21.6 Å². The highest BCUT2D eigenvalue weighted by atomic mass is 16.5. The van der Waals surface area contributed by atoms with Crippen LogP contribution in [0.3, 0.4) is 0 Å². The molecule has 1 heterocycles. The average molecular weight is 243 g/mol. The highest BCUT2D eigenvalue weighted by molar-refractivity contribution is 6.03. The number of ether oxygens (including phenoxy) is 1. The summed E-state index contributed by atoms with van der Waals surface area (Å²) in [5.41, 5.74) is 3.86. The van der Waals surface area contributed by atoms with Gasteiger partial charge in [0.25, 0.3) is 0 Å². The van der Waals surface area contributed by atoms with E-state index < -0.39 is 0 Å². The van der Waals surface area contributed by atoms with Crippen molar-refractivity contribution in [2.75, 3.05) is 13.2 Å². The van der Waals surface area contributed by atoms with E-state index in [1.54, 1.807) is 0 Å². The molecule has 0 aromatic rings. The van der Waals surface area contributed by atoms with Crippen LogP contribution in [0, 0.1) is 5.92 Å². The summed E-state index contributed by atoms with van der Waals surface area (Å²) < 4.78 is 6.11.